The molecule has 23 nitrogen and oxygen atoms in total. The van der Waals surface area contributed by atoms with Crippen molar-refractivity contribution in [3.8, 4) is 0 Å². The Balaban J connectivity index is 5.90. The minimum atomic E-state index is -1.82. The average molecular weight is 916 g/mol. The number of hydrogen-bond donors (Lipinski definition) is 13. The van der Waals surface area contributed by atoms with Crippen LogP contribution in [0.1, 0.15) is 142 Å². The van der Waals surface area contributed by atoms with E-state index in [9.17, 15) is 68.4 Å². The predicted octanol–water partition coefficient (Wildman–Crippen LogP) is -1.81. The highest BCUT2D eigenvalue weighted by Crippen LogP contribution is 2.13. The monoisotopic (exact) mass is 916 g/mol. The number of amides is 8. The molecule has 0 fully saturated rings. The molecule has 0 aliphatic carbocycles. The molecule has 7 unspecified atom stereocenters. The molecule has 7 atom stereocenters. The summed E-state index contributed by atoms with van der Waals surface area (Å²) in [6, 6.07) is -9.94. The molecule has 23 heteroatoms. The second-order valence-corrected chi connectivity index (χ2v) is 15.8. The van der Waals surface area contributed by atoms with E-state index >= 15 is 0 Å². The number of unbranched alkanes of at least 4 members (excludes halogenated alkanes) is 11. The van der Waals surface area contributed by atoms with E-state index in [0.717, 1.165) is 39.0 Å². The van der Waals surface area contributed by atoms with Crippen LogP contribution in [0.3, 0.4) is 0 Å². The van der Waals surface area contributed by atoms with Gasteiger partial charge < -0.3 is 69.5 Å². The van der Waals surface area contributed by atoms with Crippen LogP contribution in [0.4, 0.5) is 0 Å². The summed E-state index contributed by atoms with van der Waals surface area (Å²) in [6.45, 7) is 2.35. The van der Waals surface area contributed by atoms with Crippen LogP contribution < -0.4 is 49.1 Å². The summed E-state index contributed by atoms with van der Waals surface area (Å²) in [6.07, 6.45) is 8.02. The number of carbonyl (C=O) groups excluding carboxylic acids is 8. The molecule has 0 aromatic rings. The number of hydrogen-bond acceptors (Lipinski definition) is 13. The molecular weight excluding hydrogens is 842 g/mol. The number of carboxylic acids is 2. The summed E-state index contributed by atoms with van der Waals surface area (Å²) in [5, 5.41) is 52.1. The van der Waals surface area contributed by atoms with E-state index < -0.39 is 127 Å². The summed E-state index contributed by atoms with van der Waals surface area (Å²) >= 11 is 0. The van der Waals surface area contributed by atoms with E-state index in [-0.39, 0.29) is 38.6 Å². The maximum absolute atomic E-state index is 13.5. The second-order valence-electron chi connectivity index (χ2n) is 15.8. The third-order valence-electron chi connectivity index (χ3n) is 10.1. The molecule has 16 N–H and O–H groups in total. The van der Waals surface area contributed by atoms with Gasteiger partial charge in [-0.05, 0) is 52.0 Å². The highest BCUT2D eigenvalue weighted by Gasteiger charge is 2.34. The molecule has 0 spiro atoms. The number of rotatable bonds is 38. The van der Waals surface area contributed by atoms with Crippen LogP contribution in [0.25, 0.3) is 0 Å². The van der Waals surface area contributed by atoms with E-state index in [4.69, 9.17) is 17.2 Å². The number of aliphatic carboxylic acids is 2. The van der Waals surface area contributed by atoms with Gasteiger partial charge in [-0.1, -0.05) is 71.1 Å². The van der Waals surface area contributed by atoms with Gasteiger partial charge in [0, 0.05) is 19.3 Å². The number of carbonyl (C=O) groups is 10. The van der Waals surface area contributed by atoms with E-state index in [0.29, 0.717) is 12.8 Å². The Kier molecular flexibility index (Phi) is 31.2. The SMILES string of the molecule is CCCCCCCCCCCCCC(=O)NC(CCC(N)=O)C(=O)NC(CC(N)=O)C(=O)NC(CO)C(=O)NC(CCCCN)C(=O)NC(CCC(=O)O)C(=O)NC(C(=O)O)C(C)O. The lowest BCUT2D eigenvalue weighted by Crippen LogP contribution is -2.60. The largest absolute Gasteiger partial charge is 0.481 e. The molecule has 64 heavy (non-hydrogen) atoms. The lowest BCUT2D eigenvalue weighted by atomic mass is 10.0. The van der Waals surface area contributed by atoms with Gasteiger partial charge in [0.2, 0.25) is 47.3 Å². The quantitative estimate of drug-likeness (QED) is 0.0304. The van der Waals surface area contributed by atoms with Crippen LogP contribution in [0, 0.1) is 0 Å². The smallest absolute Gasteiger partial charge is 0.328 e. The first-order chi connectivity index (χ1) is 30.3. The van der Waals surface area contributed by atoms with E-state index in [2.05, 4.69) is 33.5 Å². The molecule has 0 heterocycles. The normalized spacial score (nSPS) is 14.3. The molecule has 0 bridgehead atoms. The minimum Gasteiger partial charge on any atom is -0.481 e. The highest BCUT2D eigenvalue weighted by atomic mass is 16.4. The first kappa shape index (κ1) is 58.6. The fourth-order valence-corrected chi connectivity index (χ4v) is 6.41. The molecule has 0 saturated carbocycles. The van der Waals surface area contributed by atoms with Crippen molar-refractivity contribution in [2.24, 2.45) is 17.2 Å². The Labute approximate surface area is 373 Å². The van der Waals surface area contributed by atoms with Crippen LogP contribution in [0.15, 0.2) is 0 Å². The number of carboxylic acid groups (broad SMARTS) is 2. The number of nitrogens with two attached hydrogens (primary N) is 3. The number of primary amides is 2. The van der Waals surface area contributed by atoms with Crippen molar-refractivity contribution in [3.63, 3.8) is 0 Å². The zero-order chi connectivity index (χ0) is 48.6. The van der Waals surface area contributed by atoms with Crippen molar-refractivity contribution < 1.29 is 68.4 Å². The maximum atomic E-state index is 13.5. The molecule has 0 aromatic heterocycles. The van der Waals surface area contributed by atoms with Gasteiger partial charge in [0.05, 0.1) is 19.1 Å². The molecule has 0 rings (SSSR count). The third kappa shape index (κ3) is 26.9. The second kappa shape index (κ2) is 34.0. The Morgan fingerprint density at radius 2 is 0.938 bits per heavy atom. The number of aliphatic hydroxyl groups is 2. The number of aliphatic hydroxyl groups excluding tert-OH is 2. The molecule has 0 saturated heterocycles. The Hall–Kier alpha value is -5.42. The zero-order valence-corrected chi connectivity index (χ0v) is 37.2. The topological polar surface area (TPSA) is 402 Å². The molecule has 0 aliphatic rings. The molecule has 8 amide bonds. The lowest BCUT2D eigenvalue weighted by molar-refractivity contribution is -0.145. The molecule has 0 aromatic carbocycles. The van der Waals surface area contributed by atoms with Crippen molar-refractivity contribution in [2.45, 2.75) is 185 Å². The zero-order valence-electron chi connectivity index (χ0n) is 37.2. The van der Waals surface area contributed by atoms with Gasteiger partial charge in [-0.25, -0.2) is 4.79 Å². The summed E-state index contributed by atoms with van der Waals surface area (Å²) in [4.78, 5) is 126. The standard InChI is InChI=1S/C41H73N9O14/c1-3-4-5-6-7-8-9-10-11-12-13-17-33(55)45-27(18-20-31(43)53)37(59)48-29(23-32(44)54)39(61)49-30(24-51)40(62)46-26(16-14-15-22-42)36(58)47-28(19-21-34(56)57)38(60)50-35(25(2)52)41(63)64/h25-30,35,51-52H,3-24,42H2,1-2H3,(H2,43,53)(H2,44,54)(H,45,55)(H,46,62)(H,47,58)(H,48,59)(H,49,61)(H,50,60)(H,56,57)(H,63,64). The summed E-state index contributed by atoms with van der Waals surface area (Å²) in [5.74, 6) is -10.9. The minimum absolute atomic E-state index is 0.0749. The Morgan fingerprint density at radius 1 is 0.500 bits per heavy atom. The number of nitrogens with one attached hydrogen (secondary N) is 6. The summed E-state index contributed by atoms with van der Waals surface area (Å²) < 4.78 is 0. The van der Waals surface area contributed by atoms with Gasteiger partial charge in [0.15, 0.2) is 6.04 Å². The molecule has 0 aliphatic heterocycles. The fourth-order valence-electron chi connectivity index (χ4n) is 6.41. The molecule has 0 radical (unpaired) electrons. The Bertz CT molecular complexity index is 1520. The Morgan fingerprint density at radius 3 is 1.41 bits per heavy atom. The van der Waals surface area contributed by atoms with Crippen molar-refractivity contribution >= 4 is 59.2 Å². The van der Waals surface area contributed by atoms with Crippen molar-refractivity contribution in [2.75, 3.05) is 13.2 Å². The fraction of sp³-hybridized carbons (Fsp3) is 0.756. The summed E-state index contributed by atoms with van der Waals surface area (Å²) in [5.41, 5.74) is 16.2. The van der Waals surface area contributed by atoms with Gasteiger partial charge in [-0.3, -0.25) is 43.2 Å². The van der Waals surface area contributed by atoms with E-state index in [1.807, 2.05) is 5.32 Å². The average Bonchev–Trinajstić information content (AvgIpc) is 3.22. The van der Waals surface area contributed by atoms with E-state index in [1.54, 1.807) is 0 Å². The van der Waals surface area contributed by atoms with Crippen LogP contribution in [-0.2, 0) is 47.9 Å². The molecular formula is C41H73N9O14. The van der Waals surface area contributed by atoms with Crippen molar-refractivity contribution in [1.29, 1.82) is 0 Å². The lowest BCUT2D eigenvalue weighted by Gasteiger charge is -2.27. The van der Waals surface area contributed by atoms with Gasteiger partial charge in [0.25, 0.3) is 0 Å². The van der Waals surface area contributed by atoms with Gasteiger partial charge >= 0.3 is 11.9 Å². The summed E-state index contributed by atoms with van der Waals surface area (Å²) in [7, 11) is 0. The van der Waals surface area contributed by atoms with Crippen molar-refractivity contribution in [1.82, 2.24) is 31.9 Å². The van der Waals surface area contributed by atoms with Crippen molar-refractivity contribution in [3.05, 3.63) is 0 Å². The third-order valence-corrected chi connectivity index (χ3v) is 10.1. The predicted molar refractivity (Wildman–Crippen MR) is 231 cm³/mol. The van der Waals surface area contributed by atoms with Crippen LogP contribution >= 0.6 is 0 Å². The van der Waals surface area contributed by atoms with E-state index in [1.165, 1.54) is 32.1 Å². The molecule has 366 valence electrons. The van der Waals surface area contributed by atoms with Crippen LogP contribution in [0.5, 0.6) is 0 Å². The van der Waals surface area contributed by atoms with Gasteiger partial charge in [0.1, 0.15) is 30.2 Å². The van der Waals surface area contributed by atoms with Crippen LogP contribution in [0.2, 0.25) is 0 Å². The van der Waals surface area contributed by atoms with Crippen LogP contribution in [-0.4, -0.2) is 135 Å². The van der Waals surface area contributed by atoms with Gasteiger partial charge in [-0.2, -0.15) is 0 Å². The maximum Gasteiger partial charge on any atom is 0.328 e. The highest BCUT2D eigenvalue weighted by molar-refractivity contribution is 5.98. The van der Waals surface area contributed by atoms with Gasteiger partial charge in [-0.15, -0.1) is 0 Å². The first-order valence-corrected chi connectivity index (χ1v) is 22.1. The first-order valence-electron chi connectivity index (χ1n) is 22.1.